The lowest BCUT2D eigenvalue weighted by molar-refractivity contribution is -0.138. The van der Waals surface area contributed by atoms with Gasteiger partial charge in [-0.2, -0.15) is 8.78 Å². The molecule has 1 saturated heterocycles. The molecule has 4 nitrogen and oxygen atoms in total. The lowest BCUT2D eigenvalue weighted by Gasteiger charge is -2.40. The summed E-state index contributed by atoms with van der Waals surface area (Å²) >= 11 is 0. The Bertz CT molecular complexity index is 419. The van der Waals surface area contributed by atoms with Gasteiger partial charge in [0.1, 0.15) is 0 Å². The molecule has 0 atom stereocenters. The molecule has 0 bridgehead atoms. The standard InChI is InChI=1S/C10H10F2N2O2/c11-9-7(1-2-13-10(9)12)14-4-6(5-14)3-8(15)16/h1-2,6H,3-5H2,(H,15,16). The van der Waals surface area contributed by atoms with Gasteiger partial charge in [0.25, 0.3) is 5.95 Å². The molecule has 0 unspecified atom stereocenters. The Balaban J connectivity index is 2.01. The molecule has 2 heterocycles. The van der Waals surface area contributed by atoms with Gasteiger partial charge in [0.15, 0.2) is 0 Å². The Labute approximate surface area is 90.5 Å². The Hall–Kier alpha value is -1.72. The van der Waals surface area contributed by atoms with E-state index in [9.17, 15) is 13.6 Å². The lowest BCUT2D eigenvalue weighted by atomic mass is 9.96. The normalized spacial score (nSPS) is 16.0. The molecule has 6 heteroatoms. The lowest BCUT2D eigenvalue weighted by Crippen LogP contribution is -2.48. The summed E-state index contributed by atoms with van der Waals surface area (Å²) in [5.74, 6) is -2.96. The highest BCUT2D eigenvalue weighted by Gasteiger charge is 2.30. The fourth-order valence-corrected chi connectivity index (χ4v) is 1.80. The molecular formula is C10H10F2N2O2. The first-order valence-corrected chi connectivity index (χ1v) is 4.84. The zero-order chi connectivity index (χ0) is 11.7. The molecule has 86 valence electrons. The minimum absolute atomic E-state index is 0.00752. The van der Waals surface area contributed by atoms with Crippen molar-refractivity contribution in [2.45, 2.75) is 6.42 Å². The molecule has 2 rings (SSSR count). The third-order valence-corrected chi connectivity index (χ3v) is 2.59. The topological polar surface area (TPSA) is 53.4 Å². The maximum Gasteiger partial charge on any atom is 0.303 e. The molecule has 0 amide bonds. The third kappa shape index (κ3) is 1.95. The van der Waals surface area contributed by atoms with Crippen molar-refractivity contribution in [2.75, 3.05) is 18.0 Å². The van der Waals surface area contributed by atoms with Crippen molar-refractivity contribution in [3.63, 3.8) is 0 Å². The highest BCUT2D eigenvalue weighted by molar-refractivity contribution is 5.67. The number of anilines is 1. The number of aromatic nitrogens is 1. The summed E-state index contributed by atoms with van der Waals surface area (Å²) < 4.78 is 26.1. The number of nitrogens with zero attached hydrogens (tertiary/aromatic N) is 2. The van der Waals surface area contributed by atoms with Gasteiger partial charge in [-0.1, -0.05) is 0 Å². The molecule has 1 N–H and O–H groups in total. The number of pyridine rings is 1. The van der Waals surface area contributed by atoms with Gasteiger partial charge in [-0.25, -0.2) is 4.98 Å². The predicted molar refractivity (Wildman–Crippen MR) is 52.1 cm³/mol. The van der Waals surface area contributed by atoms with Crippen LogP contribution in [0.15, 0.2) is 12.3 Å². The van der Waals surface area contributed by atoms with E-state index in [4.69, 9.17) is 5.11 Å². The van der Waals surface area contributed by atoms with Crippen LogP contribution in [0.2, 0.25) is 0 Å². The summed E-state index contributed by atoms with van der Waals surface area (Å²) in [5, 5.41) is 8.54. The van der Waals surface area contributed by atoms with E-state index in [0.717, 1.165) is 0 Å². The molecule has 0 radical (unpaired) electrons. The Morgan fingerprint density at radius 2 is 2.25 bits per heavy atom. The van der Waals surface area contributed by atoms with Crippen LogP contribution in [0.3, 0.4) is 0 Å². The van der Waals surface area contributed by atoms with Crippen LogP contribution < -0.4 is 4.90 Å². The van der Waals surface area contributed by atoms with Crippen LogP contribution >= 0.6 is 0 Å². The average Bonchev–Trinajstić information content (AvgIpc) is 2.16. The molecule has 1 fully saturated rings. The van der Waals surface area contributed by atoms with Crippen molar-refractivity contribution in [3.05, 3.63) is 24.0 Å². The summed E-state index contributed by atoms with van der Waals surface area (Å²) in [5.41, 5.74) is 0.147. The maximum atomic E-state index is 13.3. The van der Waals surface area contributed by atoms with Gasteiger partial charge < -0.3 is 10.0 Å². The van der Waals surface area contributed by atoms with E-state index in [1.165, 1.54) is 12.3 Å². The molecule has 0 aliphatic carbocycles. The predicted octanol–water partition coefficient (Wildman–Crippen LogP) is 1.27. The first kappa shape index (κ1) is 10.8. The first-order chi connectivity index (χ1) is 7.58. The zero-order valence-corrected chi connectivity index (χ0v) is 8.36. The number of carboxylic acid groups (broad SMARTS) is 1. The van der Waals surface area contributed by atoms with E-state index in [2.05, 4.69) is 4.98 Å². The van der Waals surface area contributed by atoms with Gasteiger partial charge in [-0.3, -0.25) is 4.79 Å². The number of rotatable bonds is 3. The molecule has 1 aromatic heterocycles. The van der Waals surface area contributed by atoms with Crippen LogP contribution in [0.25, 0.3) is 0 Å². The Kier molecular flexibility index (Phi) is 2.72. The summed E-state index contributed by atoms with van der Waals surface area (Å²) in [6.07, 6.45) is 1.25. The van der Waals surface area contributed by atoms with Gasteiger partial charge in [-0.15, -0.1) is 0 Å². The Morgan fingerprint density at radius 3 is 2.88 bits per heavy atom. The molecule has 0 spiro atoms. The van der Waals surface area contributed by atoms with Gasteiger partial charge in [0.2, 0.25) is 5.82 Å². The van der Waals surface area contributed by atoms with Crippen LogP contribution in [-0.2, 0) is 4.79 Å². The van der Waals surface area contributed by atoms with E-state index in [-0.39, 0.29) is 18.0 Å². The van der Waals surface area contributed by atoms with Crippen molar-refractivity contribution >= 4 is 11.7 Å². The quantitative estimate of drug-likeness (QED) is 0.791. The van der Waals surface area contributed by atoms with Crippen molar-refractivity contribution in [3.8, 4) is 0 Å². The van der Waals surface area contributed by atoms with Crippen molar-refractivity contribution in [1.82, 2.24) is 4.98 Å². The van der Waals surface area contributed by atoms with E-state index >= 15 is 0 Å². The number of hydrogen-bond acceptors (Lipinski definition) is 3. The van der Waals surface area contributed by atoms with Gasteiger partial charge >= 0.3 is 5.97 Å². The van der Waals surface area contributed by atoms with Crippen LogP contribution in [0.1, 0.15) is 6.42 Å². The molecule has 0 aromatic carbocycles. The molecule has 1 aromatic rings. The summed E-state index contributed by atoms with van der Waals surface area (Å²) in [6, 6.07) is 1.38. The molecule has 1 aliphatic heterocycles. The number of carbonyl (C=O) groups is 1. The monoisotopic (exact) mass is 228 g/mol. The van der Waals surface area contributed by atoms with E-state index in [1.54, 1.807) is 4.90 Å². The maximum absolute atomic E-state index is 13.3. The van der Waals surface area contributed by atoms with Gasteiger partial charge in [-0.05, 0) is 6.07 Å². The van der Waals surface area contributed by atoms with E-state index in [0.29, 0.717) is 13.1 Å². The largest absolute Gasteiger partial charge is 0.481 e. The fraction of sp³-hybridized carbons (Fsp3) is 0.400. The first-order valence-electron chi connectivity index (χ1n) is 4.84. The highest BCUT2D eigenvalue weighted by atomic mass is 19.2. The van der Waals surface area contributed by atoms with Crippen molar-refractivity contribution in [1.29, 1.82) is 0 Å². The molecule has 1 aliphatic rings. The Morgan fingerprint density at radius 1 is 1.56 bits per heavy atom. The minimum atomic E-state index is -1.13. The molecular weight excluding hydrogens is 218 g/mol. The second-order valence-electron chi connectivity index (χ2n) is 3.80. The minimum Gasteiger partial charge on any atom is -0.481 e. The number of carboxylic acids is 1. The average molecular weight is 228 g/mol. The number of aliphatic carboxylic acids is 1. The number of halogens is 2. The van der Waals surface area contributed by atoms with Crippen LogP contribution in [0.5, 0.6) is 0 Å². The second kappa shape index (κ2) is 4.03. The number of hydrogen-bond donors (Lipinski definition) is 1. The van der Waals surface area contributed by atoms with Gasteiger partial charge in [0, 0.05) is 25.2 Å². The zero-order valence-electron chi connectivity index (χ0n) is 8.36. The van der Waals surface area contributed by atoms with Crippen LogP contribution in [0, 0.1) is 17.7 Å². The SMILES string of the molecule is O=C(O)CC1CN(c2ccnc(F)c2F)C1. The summed E-state index contributed by atoms with van der Waals surface area (Å²) in [6.45, 7) is 0.874. The summed E-state index contributed by atoms with van der Waals surface area (Å²) in [4.78, 5) is 15.2. The van der Waals surface area contributed by atoms with Crippen LogP contribution in [-0.4, -0.2) is 29.1 Å². The van der Waals surface area contributed by atoms with Crippen molar-refractivity contribution in [2.24, 2.45) is 5.92 Å². The molecule has 16 heavy (non-hydrogen) atoms. The van der Waals surface area contributed by atoms with E-state index < -0.39 is 17.7 Å². The molecule has 0 saturated carbocycles. The fourth-order valence-electron chi connectivity index (χ4n) is 1.80. The van der Waals surface area contributed by atoms with Gasteiger partial charge in [0.05, 0.1) is 12.1 Å². The second-order valence-corrected chi connectivity index (χ2v) is 3.80. The van der Waals surface area contributed by atoms with Crippen molar-refractivity contribution < 1.29 is 18.7 Å². The van der Waals surface area contributed by atoms with E-state index in [1.807, 2.05) is 0 Å². The van der Waals surface area contributed by atoms with Crippen LogP contribution in [0.4, 0.5) is 14.5 Å². The summed E-state index contributed by atoms with van der Waals surface area (Å²) in [7, 11) is 0. The smallest absolute Gasteiger partial charge is 0.303 e. The highest BCUT2D eigenvalue weighted by Crippen LogP contribution is 2.28. The third-order valence-electron chi connectivity index (χ3n) is 2.59.